The minimum absolute atomic E-state index is 0.122. The van der Waals surface area contributed by atoms with Gasteiger partial charge in [-0.25, -0.2) is 0 Å². The first-order valence-corrected chi connectivity index (χ1v) is 7.34. The number of amides is 1. The molecule has 104 valence electrons. The van der Waals surface area contributed by atoms with E-state index in [2.05, 4.69) is 6.58 Å². The molecule has 0 heterocycles. The van der Waals surface area contributed by atoms with Crippen LogP contribution in [0.25, 0.3) is 0 Å². The second-order valence-corrected chi connectivity index (χ2v) is 5.66. The third-order valence-corrected chi connectivity index (χ3v) is 3.89. The van der Waals surface area contributed by atoms with Crippen LogP contribution in [0, 0.1) is 6.92 Å². The zero-order valence-corrected chi connectivity index (χ0v) is 12.7. The lowest BCUT2D eigenvalue weighted by atomic mass is 10.2. The molecule has 0 bridgehead atoms. The Labute approximate surface area is 119 Å². The monoisotopic (exact) mass is 278 g/mol. The maximum atomic E-state index is 12.1. The Bertz CT molecular complexity index is 471. The van der Waals surface area contributed by atoms with E-state index in [-0.39, 0.29) is 5.91 Å². The van der Waals surface area contributed by atoms with Crippen molar-refractivity contribution < 1.29 is 4.79 Å². The molecule has 2 N–H and O–H groups in total. The van der Waals surface area contributed by atoms with Crippen LogP contribution in [0.4, 0.5) is 5.69 Å². The van der Waals surface area contributed by atoms with Gasteiger partial charge in [0.15, 0.2) is 0 Å². The van der Waals surface area contributed by atoms with E-state index in [1.807, 2.05) is 39.0 Å². The van der Waals surface area contributed by atoms with Crippen LogP contribution in [0.2, 0.25) is 0 Å². The van der Waals surface area contributed by atoms with Crippen molar-refractivity contribution in [1.82, 2.24) is 4.90 Å². The topological polar surface area (TPSA) is 46.3 Å². The third kappa shape index (κ3) is 4.63. The number of likely N-dealkylation sites (N-methyl/N-ethyl adjacent to an activating group) is 1. The minimum Gasteiger partial charge on any atom is -0.398 e. The predicted molar refractivity (Wildman–Crippen MR) is 83.4 cm³/mol. The average Bonchev–Trinajstić information content (AvgIpc) is 2.37. The average molecular weight is 278 g/mol. The Morgan fingerprint density at radius 3 is 2.74 bits per heavy atom. The highest BCUT2D eigenvalue weighted by molar-refractivity contribution is 8.00. The van der Waals surface area contributed by atoms with E-state index < -0.39 is 0 Å². The van der Waals surface area contributed by atoms with Crippen LogP contribution in [0.15, 0.2) is 35.2 Å². The zero-order chi connectivity index (χ0) is 14.4. The maximum absolute atomic E-state index is 12.1. The Morgan fingerprint density at radius 2 is 2.16 bits per heavy atom. The van der Waals surface area contributed by atoms with E-state index in [9.17, 15) is 4.79 Å². The fourth-order valence-electron chi connectivity index (χ4n) is 1.71. The number of rotatable bonds is 6. The van der Waals surface area contributed by atoms with Gasteiger partial charge < -0.3 is 10.6 Å². The maximum Gasteiger partial charge on any atom is 0.233 e. The summed E-state index contributed by atoms with van der Waals surface area (Å²) in [6, 6.07) is 5.89. The molecule has 1 rings (SSSR count). The normalized spacial score (nSPS) is 10.3. The fourth-order valence-corrected chi connectivity index (χ4v) is 2.67. The lowest BCUT2D eigenvalue weighted by Crippen LogP contribution is -2.33. The molecule has 0 aliphatic rings. The highest BCUT2D eigenvalue weighted by Gasteiger charge is 2.13. The largest absolute Gasteiger partial charge is 0.398 e. The number of carbonyl (C=O) groups is 1. The molecule has 0 aliphatic heterocycles. The lowest BCUT2D eigenvalue weighted by Gasteiger charge is -2.21. The minimum atomic E-state index is 0.122. The van der Waals surface area contributed by atoms with Crippen molar-refractivity contribution in [3.05, 3.63) is 35.9 Å². The molecular formula is C15H22N2OS. The number of nitrogen functional groups attached to an aromatic ring is 1. The highest BCUT2D eigenvalue weighted by Crippen LogP contribution is 2.27. The molecule has 0 radical (unpaired) electrons. The number of anilines is 1. The van der Waals surface area contributed by atoms with Crippen molar-refractivity contribution in [2.75, 3.05) is 24.6 Å². The molecule has 3 nitrogen and oxygen atoms in total. The van der Waals surface area contributed by atoms with Crippen molar-refractivity contribution in [2.45, 2.75) is 25.7 Å². The summed E-state index contributed by atoms with van der Waals surface area (Å²) in [6.07, 6.45) is 0. The highest BCUT2D eigenvalue weighted by atomic mass is 32.2. The van der Waals surface area contributed by atoms with Crippen LogP contribution < -0.4 is 5.73 Å². The van der Waals surface area contributed by atoms with Gasteiger partial charge >= 0.3 is 0 Å². The van der Waals surface area contributed by atoms with Gasteiger partial charge in [0.1, 0.15) is 0 Å². The smallest absolute Gasteiger partial charge is 0.233 e. The number of hydrogen-bond donors (Lipinski definition) is 1. The number of nitrogens with two attached hydrogens (primary N) is 1. The molecule has 0 aromatic heterocycles. The van der Waals surface area contributed by atoms with E-state index >= 15 is 0 Å². The van der Waals surface area contributed by atoms with Crippen molar-refractivity contribution in [3.8, 4) is 0 Å². The van der Waals surface area contributed by atoms with Gasteiger partial charge in [-0.15, -0.1) is 11.8 Å². The summed E-state index contributed by atoms with van der Waals surface area (Å²) in [5.41, 5.74) is 8.81. The van der Waals surface area contributed by atoms with Gasteiger partial charge in [0, 0.05) is 23.7 Å². The molecule has 0 saturated heterocycles. The Morgan fingerprint density at radius 1 is 1.47 bits per heavy atom. The second kappa shape index (κ2) is 7.24. The summed E-state index contributed by atoms with van der Waals surface area (Å²) in [5.74, 6) is 0.533. The Kier molecular flexibility index (Phi) is 5.96. The van der Waals surface area contributed by atoms with Crippen molar-refractivity contribution >= 4 is 23.4 Å². The lowest BCUT2D eigenvalue weighted by molar-refractivity contribution is -0.127. The number of para-hydroxylation sites is 1. The summed E-state index contributed by atoms with van der Waals surface area (Å²) >= 11 is 1.49. The van der Waals surface area contributed by atoms with Crippen LogP contribution >= 0.6 is 11.8 Å². The van der Waals surface area contributed by atoms with Crippen LogP contribution in [0.5, 0.6) is 0 Å². The van der Waals surface area contributed by atoms with Gasteiger partial charge in [-0.1, -0.05) is 24.3 Å². The van der Waals surface area contributed by atoms with Crippen LogP contribution in [0.1, 0.15) is 19.4 Å². The quantitative estimate of drug-likeness (QED) is 0.494. The van der Waals surface area contributed by atoms with Gasteiger partial charge in [-0.3, -0.25) is 4.79 Å². The van der Waals surface area contributed by atoms with E-state index in [4.69, 9.17) is 5.73 Å². The SMILES string of the molecule is C=C(C)CN(CC)C(=O)CSc1cccc(C)c1N. The van der Waals surface area contributed by atoms with Gasteiger partial charge in [0.05, 0.1) is 5.75 Å². The molecule has 4 heteroatoms. The Hall–Kier alpha value is -1.42. The third-order valence-electron chi connectivity index (χ3n) is 2.83. The molecule has 1 aromatic rings. The summed E-state index contributed by atoms with van der Waals surface area (Å²) < 4.78 is 0. The first-order chi connectivity index (χ1) is 8.95. The molecule has 0 aliphatic carbocycles. The van der Waals surface area contributed by atoms with Gasteiger partial charge in [0.2, 0.25) is 5.91 Å². The zero-order valence-electron chi connectivity index (χ0n) is 11.9. The van der Waals surface area contributed by atoms with Crippen molar-refractivity contribution in [2.24, 2.45) is 0 Å². The van der Waals surface area contributed by atoms with Crippen molar-refractivity contribution in [3.63, 3.8) is 0 Å². The summed E-state index contributed by atoms with van der Waals surface area (Å²) in [6.45, 7) is 11.1. The summed E-state index contributed by atoms with van der Waals surface area (Å²) in [7, 11) is 0. The number of nitrogens with zero attached hydrogens (tertiary/aromatic N) is 1. The molecule has 0 spiro atoms. The molecule has 0 fully saturated rings. The number of thioether (sulfide) groups is 1. The molecule has 0 atom stereocenters. The van der Waals surface area contributed by atoms with Gasteiger partial charge in [-0.05, 0) is 32.4 Å². The van der Waals surface area contributed by atoms with E-state index in [1.165, 1.54) is 11.8 Å². The molecule has 0 saturated carbocycles. The standard InChI is InChI=1S/C15H22N2OS/c1-5-17(9-11(2)3)14(18)10-19-13-8-6-7-12(4)15(13)16/h6-8H,2,5,9-10,16H2,1,3-4H3. The molecule has 1 aromatic carbocycles. The Balaban J connectivity index is 2.62. The summed E-state index contributed by atoms with van der Waals surface area (Å²) in [4.78, 5) is 14.9. The number of aryl methyl sites for hydroxylation is 1. The van der Waals surface area contributed by atoms with Gasteiger partial charge in [0.25, 0.3) is 0 Å². The molecule has 0 unspecified atom stereocenters. The first-order valence-electron chi connectivity index (χ1n) is 6.35. The number of benzene rings is 1. The first kappa shape index (κ1) is 15.6. The number of carbonyl (C=O) groups excluding carboxylic acids is 1. The van der Waals surface area contributed by atoms with Crippen LogP contribution in [-0.4, -0.2) is 29.6 Å². The van der Waals surface area contributed by atoms with Crippen LogP contribution in [0.3, 0.4) is 0 Å². The van der Waals surface area contributed by atoms with Gasteiger partial charge in [-0.2, -0.15) is 0 Å². The predicted octanol–water partition coefficient (Wildman–Crippen LogP) is 3.09. The van der Waals surface area contributed by atoms with E-state index in [0.717, 1.165) is 21.7 Å². The molecule has 1 amide bonds. The number of hydrogen-bond acceptors (Lipinski definition) is 3. The van der Waals surface area contributed by atoms with E-state index in [0.29, 0.717) is 18.8 Å². The van der Waals surface area contributed by atoms with E-state index in [1.54, 1.807) is 4.90 Å². The van der Waals surface area contributed by atoms with Crippen molar-refractivity contribution in [1.29, 1.82) is 0 Å². The summed E-state index contributed by atoms with van der Waals surface area (Å²) in [5, 5.41) is 0. The molecule has 19 heavy (non-hydrogen) atoms. The molecular weight excluding hydrogens is 256 g/mol. The second-order valence-electron chi connectivity index (χ2n) is 4.64. The van der Waals surface area contributed by atoms with Crippen LogP contribution in [-0.2, 0) is 4.79 Å². The fraction of sp³-hybridized carbons (Fsp3) is 0.400.